The van der Waals surface area contributed by atoms with Crippen LogP contribution < -0.4 is 5.32 Å². The second-order valence-corrected chi connectivity index (χ2v) is 7.89. The van der Waals surface area contributed by atoms with Crippen LogP contribution in [-0.2, 0) is 16.6 Å². The van der Waals surface area contributed by atoms with Crippen LogP contribution >= 0.6 is 0 Å². The molecule has 25 heavy (non-hydrogen) atoms. The summed E-state index contributed by atoms with van der Waals surface area (Å²) in [6.07, 6.45) is 2.20. The van der Waals surface area contributed by atoms with Crippen molar-refractivity contribution in [1.29, 1.82) is 0 Å². The zero-order valence-electron chi connectivity index (χ0n) is 16.2. The Kier molecular flexibility index (Phi) is 6.41. The largest absolute Gasteiger partial charge is 0.349 e. The van der Waals surface area contributed by atoms with Crippen LogP contribution in [0.4, 0.5) is 0 Å². The monoisotopic (exact) mass is 337 g/mol. The lowest BCUT2D eigenvalue weighted by Gasteiger charge is -2.19. The van der Waals surface area contributed by atoms with E-state index in [9.17, 15) is 4.79 Å². The van der Waals surface area contributed by atoms with E-state index in [0.29, 0.717) is 6.42 Å². The lowest BCUT2D eigenvalue weighted by molar-refractivity contribution is -0.121. The molecule has 0 saturated carbocycles. The second-order valence-electron chi connectivity index (χ2n) is 7.89. The maximum atomic E-state index is 12.3. The maximum absolute atomic E-state index is 12.3. The van der Waals surface area contributed by atoms with Gasteiger partial charge in [-0.05, 0) is 41.9 Å². The number of hydrogen-bond acceptors (Lipinski definition) is 1. The first-order valence-corrected chi connectivity index (χ1v) is 9.25. The number of amides is 1. The van der Waals surface area contributed by atoms with Gasteiger partial charge in [0.15, 0.2) is 0 Å². The van der Waals surface area contributed by atoms with Crippen molar-refractivity contribution in [3.05, 3.63) is 70.8 Å². The Hall–Kier alpha value is -2.09. The summed E-state index contributed by atoms with van der Waals surface area (Å²) < 4.78 is 0. The zero-order chi connectivity index (χ0) is 18.4. The van der Waals surface area contributed by atoms with Crippen LogP contribution in [0.1, 0.15) is 68.8 Å². The fraction of sp³-hybridized carbons (Fsp3) is 0.435. The van der Waals surface area contributed by atoms with Gasteiger partial charge in [-0.3, -0.25) is 4.79 Å². The van der Waals surface area contributed by atoms with E-state index in [2.05, 4.69) is 88.5 Å². The van der Waals surface area contributed by atoms with Crippen molar-refractivity contribution in [2.24, 2.45) is 0 Å². The molecule has 134 valence electrons. The molecule has 0 aromatic heterocycles. The van der Waals surface area contributed by atoms with Crippen LogP contribution in [0, 0.1) is 6.92 Å². The molecular formula is C23H31NO. The molecule has 2 aromatic rings. The molecule has 2 aromatic carbocycles. The highest BCUT2D eigenvalue weighted by Gasteiger charge is 2.14. The minimum atomic E-state index is 0.0939. The summed E-state index contributed by atoms with van der Waals surface area (Å²) in [5, 5.41) is 3.17. The third kappa shape index (κ3) is 5.74. The molecule has 0 saturated heterocycles. The van der Waals surface area contributed by atoms with Gasteiger partial charge in [0, 0.05) is 6.42 Å². The van der Waals surface area contributed by atoms with Gasteiger partial charge in [-0.25, -0.2) is 0 Å². The molecule has 0 aliphatic heterocycles. The van der Waals surface area contributed by atoms with Gasteiger partial charge in [-0.1, -0.05) is 81.8 Å². The lowest BCUT2D eigenvalue weighted by atomic mass is 9.86. The van der Waals surface area contributed by atoms with Crippen molar-refractivity contribution >= 4 is 5.91 Å². The Morgan fingerprint density at radius 1 is 1.00 bits per heavy atom. The molecule has 0 aliphatic carbocycles. The van der Waals surface area contributed by atoms with Gasteiger partial charge >= 0.3 is 0 Å². The minimum Gasteiger partial charge on any atom is -0.349 e. The van der Waals surface area contributed by atoms with Crippen molar-refractivity contribution in [3.8, 4) is 0 Å². The third-order valence-electron chi connectivity index (χ3n) is 4.68. The van der Waals surface area contributed by atoms with Crippen LogP contribution in [0.25, 0.3) is 0 Å². The first-order valence-electron chi connectivity index (χ1n) is 9.25. The fourth-order valence-electron chi connectivity index (χ4n) is 2.92. The summed E-state index contributed by atoms with van der Waals surface area (Å²) in [6.45, 7) is 10.8. The van der Waals surface area contributed by atoms with Crippen molar-refractivity contribution in [2.45, 2.75) is 65.3 Å². The lowest BCUT2D eigenvalue weighted by Crippen LogP contribution is -2.28. The molecule has 0 spiro atoms. The van der Waals surface area contributed by atoms with E-state index in [1.807, 2.05) is 0 Å². The standard InChI is InChI=1S/C23H31NO/c1-6-21(19-12-7-17(2)8-13-19)24-22(25)16-11-18-9-14-20(15-10-18)23(3,4)5/h7-10,12-15,21H,6,11,16H2,1-5H3,(H,24,25)/t21-/m0/s1. The first kappa shape index (κ1) is 19.2. The van der Waals surface area contributed by atoms with Gasteiger partial charge in [-0.2, -0.15) is 0 Å². The topological polar surface area (TPSA) is 29.1 Å². The van der Waals surface area contributed by atoms with Crippen LogP contribution in [0.2, 0.25) is 0 Å². The summed E-state index contributed by atoms with van der Waals surface area (Å²) in [7, 11) is 0. The Balaban J connectivity index is 1.90. The summed E-state index contributed by atoms with van der Waals surface area (Å²) in [6, 6.07) is 17.1. The summed E-state index contributed by atoms with van der Waals surface area (Å²) in [5.41, 5.74) is 5.12. The van der Waals surface area contributed by atoms with Gasteiger partial charge in [0.1, 0.15) is 0 Å². The van der Waals surface area contributed by atoms with Crippen LogP contribution in [0.3, 0.4) is 0 Å². The highest BCUT2D eigenvalue weighted by Crippen LogP contribution is 2.22. The molecule has 0 radical (unpaired) electrons. The minimum absolute atomic E-state index is 0.0939. The zero-order valence-corrected chi connectivity index (χ0v) is 16.2. The fourth-order valence-corrected chi connectivity index (χ4v) is 2.92. The number of carbonyl (C=O) groups is 1. The van der Waals surface area contributed by atoms with E-state index >= 15 is 0 Å². The van der Waals surface area contributed by atoms with E-state index < -0.39 is 0 Å². The highest BCUT2D eigenvalue weighted by atomic mass is 16.1. The molecule has 2 heteroatoms. The van der Waals surface area contributed by atoms with E-state index in [0.717, 1.165) is 12.8 Å². The number of benzene rings is 2. The van der Waals surface area contributed by atoms with Gasteiger partial charge in [-0.15, -0.1) is 0 Å². The Morgan fingerprint density at radius 2 is 1.60 bits per heavy atom. The summed E-state index contributed by atoms with van der Waals surface area (Å²) >= 11 is 0. The molecule has 0 bridgehead atoms. The predicted molar refractivity (Wildman–Crippen MR) is 106 cm³/mol. The van der Waals surface area contributed by atoms with Crippen LogP contribution in [0.5, 0.6) is 0 Å². The average Bonchev–Trinajstić information content (AvgIpc) is 2.58. The van der Waals surface area contributed by atoms with Gasteiger partial charge in [0.05, 0.1) is 6.04 Å². The molecule has 0 aliphatic rings. The predicted octanol–water partition coefficient (Wildman–Crippen LogP) is 5.49. The SMILES string of the molecule is CC[C@H](NC(=O)CCc1ccc(C(C)(C)C)cc1)c1ccc(C)cc1. The van der Waals surface area contributed by atoms with Crippen molar-refractivity contribution in [2.75, 3.05) is 0 Å². The summed E-state index contributed by atoms with van der Waals surface area (Å²) in [5.74, 6) is 0.118. The summed E-state index contributed by atoms with van der Waals surface area (Å²) in [4.78, 5) is 12.3. The molecule has 1 amide bonds. The molecular weight excluding hydrogens is 306 g/mol. The smallest absolute Gasteiger partial charge is 0.220 e. The van der Waals surface area contributed by atoms with E-state index in [-0.39, 0.29) is 17.4 Å². The van der Waals surface area contributed by atoms with Crippen molar-refractivity contribution in [3.63, 3.8) is 0 Å². The normalized spacial score (nSPS) is 12.7. The van der Waals surface area contributed by atoms with E-state index in [1.165, 1.54) is 22.3 Å². The van der Waals surface area contributed by atoms with Gasteiger partial charge in [0.25, 0.3) is 0 Å². The molecule has 1 N–H and O–H groups in total. The first-order chi connectivity index (χ1) is 11.8. The van der Waals surface area contributed by atoms with Gasteiger partial charge < -0.3 is 5.32 Å². The number of rotatable bonds is 6. The van der Waals surface area contributed by atoms with Gasteiger partial charge in [0.2, 0.25) is 5.91 Å². The van der Waals surface area contributed by atoms with Crippen LogP contribution in [0.15, 0.2) is 48.5 Å². The Labute approximate surface area is 152 Å². The number of nitrogens with one attached hydrogen (secondary N) is 1. The highest BCUT2D eigenvalue weighted by molar-refractivity contribution is 5.76. The van der Waals surface area contributed by atoms with Crippen LogP contribution in [-0.4, -0.2) is 5.91 Å². The quantitative estimate of drug-likeness (QED) is 0.741. The Morgan fingerprint density at radius 3 is 2.12 bits per heavy atom. The second kappa shape index (κ2) is 8.33. The van der Waals surface area contributed by atoms with Crippen molar-refractivity contribution in [1.82, 2.24) is 5.32 Å². The Bertz CT molecular complexity index is 678. The molecule has 0 unspecified atom stereocenters. The molecule has 0 heterocycles. The van der Waals surface area contributed by atoms with Crippen molar-refractivity contribution < 1.29 is 4.79 Å². The van der Waals surface area contributed by atoms with E-state index in [4.69, 9.17) is 0 Å². The van der Waals surface area contributed by atoms with E-state index in [1.54, 1.807) is 0 Å². The number of hydrogen-bond donors (Lipinski definition) is 1. The molecule has 2 rings (SSSR count). The number of carbonyl (C=O) groups excluding carboxylic acids is 1. The third-order valence-corrected chi connectivity index (χ3v) is 4.68. The molecule has 0 fully saturated rings. The molecule has 2 nitrogen and oxygen atoms in total. The molecule has 1 atom stereocenters. The maximum Gasteiger partial charge on any atom is 0.220 e. The average molecular weight is 338 g/mol. The number of aryl methyl sites for hydroxylation is 2.